The molecule has 0 N–H and O–H groups in total. The summed E-state index contributed by atoms with van der Waals surface area (Å²) < 4.78 is 0. The van der Waals surface area contributed by atoms with E-state index in [9.17, 15) is 4.79 Å². The number of hydrogen-bond donors (Lipinski definition) is 0. The molecule has 0 unspecified atom stereocenters. The summed E-state index contributed by atoms with van der Waals surface area (Å²) >= 11 is 0. The Kier molecular flexibility index (Phi) is 2.43. The molecule has 0 heterocycles. The van der Waals surface area contributed by atoms with Crippen molar-refractivity contribution in [3.8, 4) is 0 Å². The Hall–Kier alpha value is -0.850. The summed E-state index contributed by atoms with van der Waals surface area (Å²) in [6.45, 7) is 2.08. The van der Waals surface area contributed by atoms with E-state index in [1.807, 2.05) is 12.2 Å². The number of allylic oxidation sites excluding steroid dienone is 4. The fourth-order valence-electron chi connectivity index (χ4n) is 0.971. The van der Waals surface area contributed by atoms with Crippen molar-refractivity contribution in [1.82, 2.24) is 0 Å². The van der Waals surface area contributed by atoms with E-state index >= 15 is 0 Å². The van der Waals surface area contributed by atoms with Gasteiger partial charge in [-0.1, -0.05) is 17.7 Å². The van der Waals surface area contributed by atoms with Crippen LogP contribution in [0.15, 0.2) is 23.8 Å². The third-order valence-corrected chi connectivity index (χ3v) is 1.66. The Morgan fingerprint density at radius 1 is 1.50 bits per heavy atom. The number of carbonyl (C=O) groups excluding carboxylic acids is 1. The lowest BCUT2D eigenvalue weighted by atomic mass is 10.1. The summed E-state index contributed by atoms with van der Waals surface area (Å²) in [7, 11) is 0. The van der Waals surface area contributed by atoms with E-state index in [0.29, 0.717) is 6.42 Å². The third-order valence-electron chi connectivity index (χ3n) is 1.66. The molecule has 1 aliphatic rings. The highest BCUT2D eigenvalue weighted by Gasteiger charge is 1.97. The molecule has 1 heteroatoms. The highest BCUT2D eigenvalue weighted by atomic mass is 16.1. The second-order valence-electron chi connectivity index (χ2n) is 2.66. The molecule has 0 spiro atoms. The van der Waals surface area contributed by atoms with Crippen LogP contribution in [0.1, 0.15) is 26.2 Å². The molecule has 0 aromatic carbocycles. The van der Waals surface area contributed by atoms with Crippen LogP contribution in [-0.4, -0.2) is 5.78 Å². The fraction of sp³-hybridized carbons (Fsp3) is 0.444. The Morgan fingerprint density at radius 3 is 3.10 bits per heavy atom. The van der Waals surface area contributed by atoms with Crippen LogP contribution < -0.4 is 0 Å². The molecule has 0 radical (unpaired) electrons. The Morgan fingerprint density at radius 2 is 2.30 bits per heavy atom. The zero-order chi connectivity index (χ0) is 7.40. The highest BCUT2D eigenvalue weighted by Crippen LogP contribution is 2.08. The molecule has 10 heavy (non-hydrogen) atoms. The first-order chi connectivity index (χ1) is 4.79. The van der Waals surface area contributed by atoms with Crippen LogP contribution in [0.2, 0.25) is 0 Å². The largest absolute Gasteiger partial charge is 0.295 e. The summed E-state index contributed by atoms with van der Waals surface area (Å²) in [5.41, 5.74) is 1.33. The van der Waals surface area contributed by atoms with Gasteiger partial charge in [-0.3, -0.25) is 4.79 Å². The number of ketones is 1. The minimum atomic E-state index is 0.221. The zero-order valence-corrected chi connectivity index (χ0v) is 6.26. The van der Waals surface area contributed by atoms with Crippen LogP contribution >= 0.6 is 0 Å². The topological polar surface area (TPSA) is 17.1 Å². The molecule has 0 saturated carbocycles. The van der Waals surface area contributed by atoms with Gasteiger partial charge >= 0.3 is 0 Å². The van der Waals surface area contributed by atoms with Gasteiger partial charge in [-0.25, -0.2) is 0 Å². The maximum atomic E-state index is 10.8. The maximum absolute atomic E-state index is 10.8. The standard InChI is InChI=1S/C9H12O/c1-8-4-2-3-5-9(10)7-6-8/h3,5-6H,2,4,7H2,1H3/b5-3-,8-6-. The molecule has 0 amide bonds. The second kappa shape index (κ2) is 3.35. The maximum Gasteiger partial charge on any atom is 0.159 e. The lowest BCUT2D eigenvalue weighted by Crippen LogP contribution is -1.92. The monoisotopic (exact) mass is 136 g/mol. The molecule has 0 aromatic rings. The first-order valence-electron chi connectivity index (χ1n) is 3.64. The van der Waals surface area contributed by atoms with Crippen molar-refractivity contribution in [3.05, 3.63) is 23.8 Å². The smallest absolute Gasteiger partial charge is 0.159 e. The van der Waals surface area contributed by atoms with Crippen LogP contribution in [0.5, 0.6) is 0 Å². The van der Waals surface area contributed by atoms with E-state index in [0.717, 1.165) is 12.8 Å². The van der Waals surface area contributed by atoms with Gasteiger partial charge in [0.15, 0.2) is 5.78 Å². The van der Waals surface area contributed by atoms with Crippen molar-refractivity contribution in [2.45, 2.75) is 26.2 Å². The van der Waals surface area contributed by atoms with E-state index in [1.165, 1.54) is 5.57 Å². The van der Waals surface area contributed by atoms with Gasteiger partial charge in [0.05, 0.1) is 0 Å². The molecule has 0 atom stereocenters. The number of rotatable bonds is 0. The molecule has 1 nitrogen and oxygen atoms in total. The van der Waals surface area contributed by atoms with Crippen molar-refractivity contribution in [2.24, 2.45) is 0 Å². The van der Waals surface area contributed by atoms with E-state index in [1.54, 1.807) is 6.08 Å². The molecular formula is C9H12O. The van der Waals surface area contributed by atoms with Crippen molar-refractivity contribution in [1.29, 1.82) is 0 Å². The molecule has 0 aromatic heterocycles. The first kappa shape index (κ1) is 7.26. The Balaban J connectivity index is 2.59. The molecule has 0 saturated heterocycles. The Labute approximate surface area is 61.4 Å². The van der Waals surface area contributed by atoms with Gasteiger partial charge in [-0.05, 0) is 25.8 Å². The Bertz CT molecular complexity index is 187. The lowest BCUT2D eigenvalue weighted by molar-refractivity contribution is -0.113. The van der Waals surface area contributed by atoms with Crippen LogP contribution in [0.3, 0.4) is 0 Å². The fourth-order valence-corrected chi connectivity index (χ4v) is 0.971. The summed E-state index contributed by atoms with van der Waals surface area (Å²) in [5.74, 6) is 0.221. The van der Waals surface area contributed by atoms with Gasteiger partial charge in [0, 0.05) is 6.42 Å². The summed E-state index contributed by atoms with van der Waals surface area (Å²) in [6.07, 6.45) is 8.35. The summed E-state index contributed by atoms with van der Waals surface area (Å²) in [5, 5.41) is 0. The third kappa shape index (κ3) is 2.18. The molecule has 54 valence electrons. The van der Waals surface area contributed by atoms with Gasteiger partial charge in [0.1, 0.15) is 0 Å². The molecule has 0 fully saturated rings. The van der Waals surface area contributed by atoms with Crippen molar-refractivity contribution < 1.29 is 4.79 Å². The minimum Gasteiger partial charge on any atom is -0.295 e. The minimum absolute atomic E-state index is 0.221. The summed E-state index contributed by atoms with van der Waals surface area (Å²) in [6, 6.07) is 0. The average Bonchev–Trinajstić information content (AvgIpc) is 1.90. The molecule has 1 rings (SSSR count). The van der Waals surface area contributed by atoms with Crippen LogP contribution in [0.25, 0.3) is 0 Å². The van der Waals surface area contributed by atoms with Gasteiger partial charge in [-0.2, -0.15) is 0 Å². The van der Waals surface area contributed by atoms with E-state index in [-0.39, 0.29) is 5.78 Å². The second-order valence-corrected chi connectivity index (χ2v) is 2.66. The lowest BCUT2D eigenvalue weighted by Gasteiger charge is -2.00. The summed E-state index contributed by atoms with van der Waals surface area (Å²) in [4.78, 5) is 10.8. The predicted molar refractivity (Wildman–Crippen MR) is 41.8 cm³/mol. The molecule has 1 aliphatic carbocycles. The van der Waals surface area contributed by atoms with Crippen LogP contribution in [0.4, 0.5) is 0 Å². The highest BCUT2D eigenvalue weighted by molar-refractivity contribution is 5.90. The zero-order valence-electron chi connectivity index (χ0n) is 6.26. The van der Waals surface area contributed by atoms with E-state index < -0.39 is 0 Å². The quantitative estimate of drug-likeness (QED) is 0.467. The van der Waals surface area contributed by atoms with E-state index in [4.69, 9.17) is 0 Å². The van der Waals surface area contributed by atoms with Crippen LogP contribution in [-0.2, 0) is 4.79 Å². The van der Waals surface area contributed by atoms with Crippen molar-refractivity contribution in [3.63, 3.8) is 0 Å². The molecular weight excluding hydrogens is 124 g/mol. The SMILES string of the molecule is C/C1=C/CC(=O)/C=C\CC1. The van der Waals surface area contributed by atoms with Gasteiger partial charge in [-0.15, -0.1) is 0 Å². The van der Waals surface area contributed by atoms with Crippen molar-refractivity contribution >= 4 is 5.78 Å². The molecule has 0 aliphatic heterocycles. The number of hydrogen-bond acceptors (Lipinski definition) is 1. The number of carbonyl (C=O) groups is 1. The van der Waals surface area contributed by atoms with Crippen LogP contribution in [0, 0.1) is 0 Å². The average molecular weight is 136 g/mol. The van der Waals surface area contributed by atoms with Gasteiger partial charge in [0.25, 0.3) is 0 Å². The van der Waals surface area contributed by atoms with Crippen molar-refractivity contribution in [2.75, 3.05) is 0 Å². The normalized spacial score (nSPS) is 28.1. The molecule has 0 bridgehead atoms. The van der Waals surface area contributed by atoms with Gasteiger partial charge < -0.3 is 0 Å². The predicted octanol–water partition coefficient (Wildman–Crippen LogP) is 2.24. The first-order valence-corrected chi connectivity index (χ1v) is 3.64. The van der Waals surface area contributed by atoms with E-state index in [2.05, 4.69) is 6.92 Å². The van der Waals surface area contributed by atoms with Gasteiger partial charge in [0.2, 0.25) is 0 Å².